The molecule has 0 bridgehead atoms. The van der Waals surface area contributed by atoms with Gasteiger partial charge in [-0.3, -0.25) is 19.4 Å². The number of benzene rings is 2. The Kier molecular flexibility index (Phi) is 5.70. The molecule has 1 aliphatic rings. The molecule has 0 radical (unpaired) electrons. The predicted octanol–water partition coefficient (Wildman–Crippen LogP) is 3.46. The summed E-state index contributed by atoms with van der Waals surface area (Å²) in [5.74, 6) is -2.08. The molecule has 3 amide bonds. The first kappa shape index (κ1) is 20.2. The summed E-state index contributed by atoms with van der Waals surface area (Å²) < 4.78 is 14.0. The molecule has 1 fully saturated rings. The maximum absolute atomic E-state index is 14.0. The van der Waals surface area contributed by atoms with Crippen molar-refractivity contribution in [2.45, 2.75) is 6.42 Å². The van der Waals surface area contributed by atoms with E-state index in [1.54, 1.807) is 54.7 Å². The number of amides is 3. The molecule has 0 spiro atoms. The smallest absolute Gasteiger partial charge is 0.257 e. The second-order valence-corrected chi connectivity index (χ2v) is 7.12. The van der Waals surface area contributed by atoms with Crippen molar-refractivity contribution >= 4 is 34.8 Å². The number of para-hydroxylation sites is 1. The van der Waals surface area contributed by atoms with Crippen molar-refractivity contribution in [3.05, 3.63) is 84.4 Å². The monoisotopic (exact) mass is 418 g/mol. The second-order valence-electron chi connectivity index (χ2n) is 7.12. The van der Waals surface area contributed by atoms with Crippen LogP contribution in [0.25, 0.3) is 0 Å². The molecule has 4 rings (SSSR count). The number of anilines is 3. The Balaban J connectivity index is 1.41. The van der Waals surface area contributed by atoms with Crippen LogP contribution in [0.2, 0.25) is 0 Å². The summed E-state index contributed by atoms with van der Waals surface area (Å²) in [5.41, 5.74) is 1.56. The zero-order chi connectivity index (χ0) is 21.8. The van der Waals surface area contributed by atoms with E-state index in [1.807, 2.05) is 0 Å². The normalized spacial score (nSPS) is 15.6. The van der Waals surface area contributed by atoms with E-state index in [2.05, 4.69) is 15.6 Å². The van der Waals surface area contributed by atoms with Gasteiger partial charge in [-0.15, -0.1) is 0 Å². The Labute approximate surface area is 177 Å². The van der Waals surface area contributed by atoms with E-state index in [9.17, 15) is 18.8 Å². The third-order valence-corrected chi connectivity index (χ3v) is 4.95. The minimum atomic E-state index is -0.610. The number of carbonyl (C=O) groups is 3. The fourth-order valence-electron chi connectivity index (χ4n) is 3.41. The minimum Gasteiger partial charge on any atom is -0.326 e. The SMILES string of the molecule is O=C(Nc1cccc(NC(=O)C2CC(=O)N(c3ccccc3F)C2)c1)c1cccnc1. The summed E-state index contributed by atoms with van der Waals surface area (Å²) in [6.45, 7) is 0.100. The van der Waals surface area contributed by atoms with Crippen molar-refractivity contribution in [3.63, 3.8) is 0 Å². The lowest BCUT2D eigenvalue weighted by Gasteiger charge is -2.17. The molecule has 31 heavy (non-hydrogen) atoms. The second kappa shape index (κ2) is 8.74. The summed E-state index contributed by atoms with van der Waals surface area (Å²) in [6, 6.07) is 16.0. The molecule has 1 aromatic heterocycles. The van der Waals surface area contributed by atoms with Crippen LogP contribution in [-0.4, -0.2) is 29.3 Å². The number of nitrogens with zero attached hydrogens (tertiary/aromatic N) is 2. The highest BCUT2D eigenvalue weighted by Crippen LogP contribution is 2.28. The maximum Gasteiger partial charge on any atom is 0.257 e. The van der Waals surface area contributed by atoms with Gasteiger partial charge < -0.3 is 15.5 Å². The molecule has 1 saturated heterocycles. The summed E-state index contributed by atoms with van der Waals surface area (Å²) in [5, 5.41) is 5.52. The topological polar surface area (TPSA) is 91.4 Å². The Morgan fingerprint density at radius 1 is 1.00 bits per heavy atom. The first-order valence-corrected chi connectivity index (χ1v) is 9.68. The van der Waals surface area contributed by atoms with Crippen molar-refractivity contribution in [2.75, 3.05) is 22.1 Å². The zero-order valence-electron chi connectivity index (χ0n) is 16.4. The fourth-order valence-corrected chi connectivity index (χ4v) is 3.41. The first-order valence-electron chi connectivity index (χ1n) is 9.68. The van der Waals surface area contributed by atoms with Crippen LogP contribution in [0.15, 0.2) is 73.1 Å². The van der Waals surface area contributed by atoms with Crippen LogP contribution in [0.3, 0.4) is 0 Å². The van der Waals surface area contributed by atoms with Crippen LogP contribution in [0.4, 0.5) is 21.5 Å². The van der Waals surface area contributed by atoms with Gasteiger partial charge in [0.2, 0.25) is 11.8 Å². The van der Waals surface area contributed by atoms with Crippen LogP contribution in [-0.2, 0) is 9.59 Å². The van der Waals surface area contributed by atoms with Crippen LogP contribution in [0.1, 0.15) is 16.8 Å². The van der Waals surface area contributed by atoms with Gasteiger partial charge in [0.1, 0.15) is 5.82 Å². The molecular weight excluding hydrogens is 399 g/mol. The fraction of sp³-hybridized carbons (Fsp3) is 0.130. The molecular formula is C23H19FN4O3. The summed E-state index contributed by atoms with van der Waals surface area (Å²) in [6.07, 6.45) is 3.03. The van der Waals surface area contributed by atoms with E-state index in [4.69, 9.17) is 0 Å². The molecule has 7 nitrogen and oxygen atoms in total. The highest BCUT2D eigenvalue weighted by molar-refractivity contribution is 6.05. The molecule has 1 atom stereocenters. The van der Waals surface area contributed by atoms with E-state index in [0.29, 0.717) is 16.9 Å². The lowest BCUT2D eigenvalue weighted by Crippen LogP contribution is -2.28. The highest BCUT2D eigenvalue weighted by Gasteiger charge is 2.36. The number of halogens is 1. The molecule has 1 aliphatic heterocycles. The third-order valence-electron chi connectivity index (χ3n) is 4.95. The van der Waals surface area contributed by atoms with Gasteiger partial charge in [0.25, 0.3) is 5.91 Å². The van der Waals surface area contributed by atoms with Gasteiger partial charge >= 0.3 is 0 Å². The van der Waals surface area contributed by atoms with Gasteiger partial charge in [-0.25, -0.2) is 4.39 Å². The first-order chi connectivity index (χ1) is 15.0. The molecule has 2 heterocycles. The largest absolute Gasteiger partial charge is 0.326 e. The molecule has 156 valence electrons. The predicted molar refractivity (Wildman–Crippen MR) is 114 cm³/mol. The van der Waals surface area contributed by atoms with E-state index < -0.39 is 11.7 Å². The van der Waals surface area contributed by atoms with Gasteiger partial charge in [0.15, 0.2) is 0 Å². The maximum atomic E-state index is 14.0. The number of aromatic nitrogens is 1. The van der Waals surface area contributed by atoms with E-state index >= 15 is 0 Å². The van der Waals surface area contributed by atoms with Crippen LogP contribution >= 0.6 is 0 Å². The summed E-state index contributed by atoms with van der Waals surface area (Å²) in [7, 11) is 0. The molecule has 0 aliphatic carbocycles. The molecule has 0 saturated carbocycles. The van der Waals surface area contributed by atoms with Crippen LogP contribution in [0, 0.1) is 11.7 Å². The lowest BCUT2D eigenvalue weighted by atomic mass is 10.1. The number of pyridine rings is 1. The highest BCUT2D eigenvalue weighted by atomic mass is 19.1. The van der Waals surface area contributed by atoms with Crippen LogP contribution < -0.4 is 15.5 Å². The lowest BCUT2D eigenvalue weighted by molar-refractivity contribution is -0.122. The number of nitrogens with one attached hydrogen (secondary N) is 2. The average molecular weight is 418 g/mol. The minimum absolute atomic E-state index is 0.00238. The Morgan fingerprint density at radius 3 is 2.52 bits per heavy atom. The van der Waals surface area contributed by atoms with Crippen molar-refractivity contribution in [1.29, 1.82) is 0 Å². The Bertz CT molecular complexity index is 1140. The van der Waals surface area contributed by atoms with Crippen molar-refractivity contribution < 1.29 is 18.8 Å². The van der Waals surface area contributed by atoms with Gasteiger partial charge in [-0.05, 0) is 42.5 Å². The van der Waals surface area contributed by atoms with Crippen molar-refractivity contribution in [1.82, 2.24) is 4.98 Å². The molecule has 2 N–H and O–H groups in total. The summed E-state index contributed by atoms with van der Waals surface area (Å²) >= 11 is 0. The number of hydrogen-bond donors (Lipinski definition) is 2. The van der Waals surface area contributed by atoms with Gasteiger partial charge in [0.05, 0.1) is 17.2 Å². The van der Waals surface area contributed by atoms with E-state index in [1.165, 1.54) is 23.2 Å². The molecule has 1 unspecified atom stereocenters. The number of carbonyl (C=O) groups excluding carboxylic acids is 3. The zero-order valence-corrected chi connectivity index (χ0v) is 16.4. The Hall–Kier alpha value is -4.07. The third kappa shape index (κ3) is 4.58. The molecule has 3 aromatic rings. The van der Waals surface area contributed by atoms with Gasteiger partial charge in [-0.1, -0.05) is 18.2 Å². The van der Waals surface area contributed by atoms with Crippen molar-refractivity contribution in [2.24, 2.45) is 5.92 Å². The molecule has 8 heteroatoms. The quantitative estimate of drug-likeness (QED) is 0.664. The number of rotatable bonds is 5. The Morgan fingerprint density at radius 2 is 1.77 bits per heavy atom. The van der Waals surface area contributed by atoms with Crippen LogP contribution in [0.5, 0.6) is 0 Å². The van der Waals surface area contributed by atoms with Gasteiger partial charge in [0, 0.05) is 36.7 Å². The van der Waals surface area contributed by atoms with Crippen molar-refractivity contribution in [3.8, 4) is 0 Å². The molecule has 2 aromatic carbocycles. The number of hydrogen-bond acceptors (Lipinski definition) is 4. The van der Waals surface area contributed by atoms with E-state index in [0.717, 1.165) is 0 Å². The standard InChI is InChI=1S/C23H19FN4O3/c24-19-8-1-2-9-20(19)28-14-16(11-21(28)29)23(31)27-18-7-3-6-17(12-18)26-22(30)15-5-4-10-25-13-15/h1-10,12-13,16H,11,14H2,(H,26,30)(H,27,31). The van der Waals surface area contributed by atoms with Gasteiger partial charge in [-0.2, -0.15) is 0 Å². The average Bonchev–Trinajstić information content (AvgIpc) is 3.16. The summed E-state index contributed by atoms with van der Waals surface area (Å²) in [4.78, 5) is 42.5. The van der Waals surface area contributed by atoms with E-state index in [-0.39, 0.29) is 36.4 Å².